The molecule has 2 aromatic carbocycles. The molecular formula is C22H16ClN5O3S. The summed E-state index contributed by atoms with van der Waals surface area (Å²) in [5, 5.41) is 7.67. The summed E-state index contributed by atoms with van der Waals surface area (Å²) < 4.78 is 6.72. The Morgan fingerprint density at radius 2 is 1.94 bits per heavy atom. The van der Waals surface area contributed by atoms with Gasteiger partial charge in [0.25, 0.3) is 5.91 Å². The van der Waals surface area contributed by atoms with E-state index in [1.54, 1.807) is 36.5 Å². The molecule has 160 valence electrons. The maximum Gasteiger partial charge on any atom is 0.341 e. The Hall–Kier alpha value is -3.69. The molecule has 0 saturated carbocycles. The molecule has 0 atom stereocenters. The number of rotatable bonds is 7. The molecule has 4 rings (SSSR count). The number of pyridine rings is 1. The molecule has 0 fully saturated rings. The number of aromatic nitrogens is 4. The quantitative estimate of drug-likeness (QED) is 0.407. The number of nitrogens with zero attached hydrogens (tertiary/aromatic N) is 4. The van der Waals surface area contributed by atoms with E-state index in [4.69, 9.17) is 16.3 Å². The van der Waals surface area contributed by atoms with E-state index in [2.05, 4.69) is 20.4 Å². The molecule has 1 amide bonds. The van der Waals surface area contributed by atoms with Crippen molar-refractivity contribution in [2.24, 2.45) is 0 Å². The molecule has 0 radical (unpaired) electrons. The lowest BCUT2D eigenvalue weighted by atomic mass is 10.2. The average molecular weight is 466 g/mol. The third kappa shape index (κ3) is 5.32. The summed E-state index contributed by atoms with van der Waals surface area (Å²) >= 11 is 7.40. The molecular weight excluding hydrogens is 450 g/mol. The molecule has 0 saturated heterocycles. The Labute approximate surface area is 192 Å². The molecule has 0 unspecified atom stereocenters. The zero-order valence-electron chi connectivity index (χ0n) is 16.5. The van der Waals surface area contributed by atoms with Crippen molar-refractivity contribution in [3.63, 3.8) is 0 Å². The second-order valence-corrected chi connectivity index (χ2v) is 7.90. The van der Waals surface area contributed by atoms with Gasteiger partial charge in [-0.3, -0.25) is 4.79 Å². The highest BCUT2D eigenvalue weighted by Gasteiger charge is 2.17. The summed E-state index contributed by atoms with van der Waals surface area (Å²) in [5.41, 5.74) is 1.26. The van der Waals surface area contributed by atoms with Crippen LogP contribution in [0.15, 0.2) is 89.4 Å². The van der Waals surface area contributed by atoms with Crippen molar-refractivity contribution in [3.05, 3.63) is 90.1 Å². The van der Waals surface area contributed by atoms with Crippen molar-refractivity contribution in [1.82, 2.24) is 19.7 Å². The van der Waals surface area contributed by atoms with Crippen molar-refractivity contribution in [1.29, 1.82) is 0 Å². The Morgan fingerprint density at radius 3 is 2.72 bits per heavy atom. The summed E-state index contributed by atoms with van der Waals surface area (Å²) in [7, 11) is 0. The Balaban J connectivity index is 1.43. The zero-order chi connectivity index (χ0) is 22.3. The van der Waals surface area contributed by atoms with E-state index in [1.807, 2.05) is 30.3 Å². The van der Waals surface area contributed by atoms with E-state index in [1.165, 1.54) is 29.1 Å². The fourth-order valence-electron chi connectivity index (χ4n) is 2.76. The minimum absolute atomic E-state index is 0.278. The number of hydrogen-bond acceptors (Lipinski definition) is 7. The molecule has 8 nitrogen and oxygen atoms in total. The molecule has 10 heteroatoms. The van der Waals surface area contributed by atoms with Crippen molar-refractivity contribution >= 4 is 40.9 Å². The van der Waals surface area contributed by atoms with Gasteiger partial charge in [-0.15, -0.1) is 0 Å². The number of benzene rings is 2. The van der Waals surface area contributed by atoms with Gasteiger partial charge >= 0.3 is 5.97 Å². The van der Waals surface area contributed by atoms with E-state index in [-0.39, 0.29) is 5.56 Å². The molecule has 0 bridgehead atoms. The van der Waals surface area contributed by atoms with Gasteiger partial charge in [0.1, 0.15) is 17.7 Å². The second-order valence-electron chi connectivity index (χ2n) is 6.40. The number of carbonyl (C=O) groups excluding carboxylic acids is 2. The number of carbonyl (C=O) groups is 2. The predicted molar refractivity (Wildman–Crippen MR) is 120 cm³/mol. The topological polar surface area (TPSA) is 99.0 Å². The third-order valence-corrected chi connectivity index (χ3v) is 5.44. The third-order valence-electron chi connectivity index (χ3n) is 4.18. The van der Waals surface area contributed by atoms with Crippen molar-refractivity contribution in [3.8, 4) is 5.69 Å². The molecule has 2 aromatic heterocycles. The van der Waals surface area contributed by atoms with Gasteiger partial charge in [-0.1, -0.05) is 41.6 Å². The molecule has 0 spiro atoms. The highest BCUT2D eigenvalue weighted by atomic mass is 35.5. The fraction of sp³-hybridized carbons (Fsp3) is 0.0455. The first-order valence-electron chi connectivity index (χ1n) is 9.39. The molecule has 0 aliphatic rings. The summed E-state index contributed by atoms with van der Waals surface area (Å²) in [6.07, 6.45) is 4.47. The van der Waals surface area contributed by atoms with Gasteiger partial charge < -0.3 is 10.1 Å². The monoisotopic (exact) mass is 465 g/mol. The van der Waals surface area contributed by atoms with Gasteiger partial charge in [0.2, 0.25) is 0 Å². The summed E-state index contributed by atoms with van der Waals surface area (Å²) in [4.78, 5) is 34.2. The van der Waals surface area contributed by atoms with Crippen LogP contribution in [0.25, 0.3) is 5.69 Å². The molecule has 1 N–H and O–H groups in total. The van der Waals surface area contributed by atoms with Gasteiger partial charge in [0.15, 0.2) is 6.61 Å². The lowest BCUT2D eigenvalue weighted by Gasteiger charge is -2.12. The Morgan fingerprint density at radius 1 is 1.09 bits per heavy atom. The number of hydrogen-bond donors (Lipinski definition) is 1. The van der Waals surface area contributed by atoms with Gasteiger partial charge in [0, 0.05) is 16.1 Å². The highest BCUT2D eigenvalue weighted by molar-refractivity contribution is 7.99. The maximum absolute atomic E-state index is 12.6. The molecule has 32 heavy (non-hydrogen) atoms. The van der Waals surface area contributed by atoms with E-state index in [0.29, 0.717) is 21.4 Å². The van der Waals surface area contributed by atoms with Crippen molar-refractivity contribution in [2.75, 3.05) is 11.9 Å². The molecule has 4 aromatic rings. The first kappa shape index (κ1) is 21.5. The number of anilines is 1. The summed E-state index contributed by atoms with van der Waals surface area (Å²) in [5.74, 6) is -1.17. The van der Waals surface area contributed by atoms with E-state index < -0.39 is 18.5 Å². The molecule has 0 aliphatic carbocycles. The minimum atomic E-state index is -0.644. The largest absolute Gasteiger partial charge is 0.452 e. The van der Waals surface area contributed by atoms with E-state index >= 15 is 0 Å². The van der Waals surface area contributed by atoms with Crippen LogP contribution in [0.3, 0.4) is 0 Å². The minimum Gasteiger partial charge on any atom is -0.452 e. The van der Waals surface area contributed by atoms with Crippen LogP contribution < -0.4 is 5.32 Å². The van der Waals surface area contributed by atoms with Crippen LogP contribution in [-0.2, 0) is 9.53 Å². The van der Waals surface area contributed by atoms with Crippen LogP contribution in [0.2, 0.25) is 5.02 Å². The summed E-state index contributed by atoms with van der Waals surface area (Å²) in [6, 6.07) is 17.7. The predicted octanol–water partition coefficient (Wildman–Crippen LogP) is 4.26. The van der Waals surface area contributed by atoms with Crippen molar-refractivity contribution in [2.45, 2.75) is 9.92 Å². The maximum atomic E-state index is 12.6. The first-order chi connectivity index (χ1) is 15.6. The lowest BCUT2D eigenvalue weighted by molar-refractivity contribution is -0.119. The first-order valence-corrected chi connectivity index (χ1v) is 10.6. The van der Waals surface area contributed by atoms with Gasteiger partial charge in [-0.2, -0.15) is 5.10 Å². The molecule has 0 aliphatic heterocycles. The number of halogens is 1. The number of ether oxygens (including phenoxy) is 1. The van der Waals surface area contributed by atoms with Gasteiger partial charge in [-0.05, 0) is 42.5 Å². The summed E-state index contributed by atoms with van der Waals surface area (Å²) in [6.45, 7) is -0.480. The van der Waals surface area contributed by atoms with Gasteiger partial charge in [0.05, 0.1) is 16.9 Å². The van der Waals surface area contributed by atoms with Crippen LogP contribution >= 0.6 is 23.4 Å². The van der Waals surface area contributed by atoms with E-state index in [0.717, 1.165) is 4.90 Å². The fourth-order valence-corrected chi connectivity index (χ4v) is 3.83. The second kappa shape index (κ2) is 10.1. The van der Waals surface area contributed by atoms with Crippen LogP contribution in [0.5, 0.6) is 0 Å². The van der Waals surface area contributed by atoms with E-state index in [9.17, 15) is 9.59 Å². The number of esters is 1. The Bertz CT molecular complexity index is 1240. The lowest BCUT2D eigenvalue weighted by Crippen LogP contribution is -2.22. The molecule has 2 heterocycles. The SMILES string of the molecule is O=C(COC(=O)c1cccnc1Sc1ccccc1)Nc1cc(Cl)ccc1-n1cncn1. The van der Waals surface area contributed by atoms with Crippen LogP contribution in [0.1, 0.15) is 10.4 Å². The Kier molecular flexibility index (Phi) is 6.78. The highest BCUT2D eigenvalue weighted by Crippen LogP contribution is 2.29. The van der Waals surface area contributed by atoms with Crippen LogP contribution in [0.4, 0.5) is 5.69 Å². The number of nitrogens with one attached hydrogen (secondary N) is 1. The smallest absolute Gasteiger partial charge is 0.341 e. The van der Waals surface area contributed by atoms with Crippen LogP contribution in [0, 0.1) is 0 Å². The zero-order valence-corrected chi connectivity index (χ0v) is 18.1. The van der Waals surface area contributed by atoms with Crippen LogP contribution in [-0.4, -0.2) is 38.2 Å². The average Bonchev–Trinajstić information content (AvgIpc) is 3.33. The van der Waals surface area contributed by atoms with Crippen molar-refractivity contribution < 1.29 is 14.3 Å². The van der Waals surface area contributed by atoms with Gasteiger partial charge in [-0.25, -0.2) is 19.4 Å². The standard InChI is InChI=1S/C22H16ClN5O3S/c23-15-8-9-19(28-14-24-13-26-28)18(11-15)27-20(29)12-31-22(30)17-7-4-10-25-21(17)32-16-5-2-1-3-6-16/h1-11,13-14H,12H2,(H,27,29). The number of amides is 1. The normalized spacial score (nSPS) is 10.5.